The Kier molecular flexibility index (Phi) is 3.88. The zero-order valence-electron chi connectivity index (χ0n) is 8.40. The number of ketones is 1. The highest BCUT2D eigenvalue weighted by atomic mass is 35.5. The molecule has 80 valence electrons. The van der Waals surface area contributed by atoms with Crippen LogP contribution in [0.3, 0.4) is 0 Å². The standard InChI is InChI=1S/C11H7ClN2O2/c1-16-10-3-2-8(12)4-9(10)11(15)7(5-13)6-14/h2-4,7H,1H3. The van der Waals surface area contributed by atoms with Crippen molar-refractivity contribution in [3.05, 3.63) is 28.8 Å². The number of hydrogen-bond donors (Lipinski definition) is 0. The quantitative estimate of drug-likeness (QED) is 0.752. The lowest BCUT2D eigenvalue weighted by Gasteiger charge is -2.07. The Labute approximate surface area is 97.6 Å². The molecule has 0 aliphatic carbocycles. The van der Waals surface area contributed by atoms with E-state index in [1.807, 2.05) is 0 Å². The average molecular weight is 235 g/mol. The molecule has 1 aromatic carbocycles. The number of nitriles is 2. The highest BCUT2D eigenvalue weighted by Gasteiger charge is 2.22. The Morgan fingerprint density at radius 2 is 2.06 bits per heavy atom. The number of halogens is 1. The van der Waals surface area contributed by atoms with E-state index in [0.29, 0.717) is 10.8 Å². The number of nitrogens with zero attached hydrogens (tertiary/aromatic N) is 2. The fraction of sp³-hybridized carbons (Fsp3) is 0.182. The molecule has 0 bridgehead atoms. The summed E-state index contributed by atoms with van der Waals surface area (Å²) >= 11 is 5.74. The van der Waals surface area contributed by atoms with E-state index < -0.39 is 11.7 Å². The molecule has 0 aromatic heterocycles. The third kappa shape index (κ3) is 2.31. The second kappa shape index (κ2) is 5.16. The van der Waals surface area contributed by atoms with Crippen LogP contribution in [0.15, 0.2) is 18.2 Å². The van der Waals surface area contributed by atoms with Gasteiger partial charge >= 0.3 is 0 Å². The van der Waals surface area contributed by atoms with Crippen LogP contribution in [0, 0.1) is 28.6 Å². The normalized spacial score (nSPS) is 9.31. The molecule has 0 radical (unpaired) electrons. The van der Waals surface area contributed by atoms with Gasteiger partial charge in [-0.1, -0.05) is 11.6 Å². The zero-order valence-corrected chi connectivity index (χ0v) is 9.15. The molecule has 0 N–H and O–H groups in total. The van der Waals surface area contributed by atoms with Gasteiger partial charge in [-0.3, -0.25) is 4.79 Å². The molecule has 0 unspecified atom stereocenters. The molecular formula is C11H7ClN2O2. The van der Waals surface area contributed by atoms with Gasteiger partial charge in [-0.2, -0.15) is 10.5 Å². The number of methoxy groups -OCH3 is 1. The summed E-state index contributed by atoms with van der Waals surface area (Å²) in [5.41, 5.74) is 0.142. The van der Waals surface area contributed by atoms with Gasteiger partial charge in [0.05, 0.1) is 24.8 Å². The van der Waals surface area contributed by atoms with E-state index in [9.17, 15) is 4.79 Å². The SMILES string of the molecule is COc1ccc(Cl)cc1C(=O)C(C#N)C#N. The van der Waals surface area contributed by atoms with Crippen LogP contribution in [0.1, 0.15) is 10.4 Å². The first kappa shape index (κ1) is 12.0. The number of hydrogen-bond acceptors (Lipinski definition) is 4. The maximum absolute atomic E-state index is 11.8. The van der Waals surface area contributed by atoms with Gasteiger partial charge in [0, 0.05) is 5.02 Å². The van der Waals surface area contributed by atoms with Gasteiger partial charge in [-0.25, -0.2) is 0 Å². The second-order valence-corrected chi connectivity index (χ2v) is 3.34. The van der Waals surface area contributed by atoms with Crippen LogP contribution in [-0.4, -0.2) is 12.9 Å². The topological polar surface area (TPSA) is 73.9 Å². The number of Topliss-reactive ketones (excluding diaryl/α,β-unsaturated/α-hetero) is 1. The second-order valence-electron chi connectivity index (χ2n) is 2.90. The van der Waals surface area contributed by atoms with Crippen molar-refractivity contribution in [2.24, 2.45) is 5.92 Å². The Morgan fingerprint density at radius 3 is 2.56 bits per heavy atom. The Hall–Kier alpha value is -2.04. The molecule has 1 rings (SSSR count). The molecule has 0 aliphatic heterocycles. The molecule has 5 heteroatoms. The predicted molar refractivity (Wildman–Crippen MR) is 57.1 cm³/mol. The smallest absolute Gasteiger partial charge is 0.198 e. The van der Waals surface area contributed by atoms with E-state index in [2.05, 4.69) is 0 Å². The molecule has 16 heavy (non-hydrogen) atoms. The molecule has 4 nitrogen and oxygen atoms in total. The summed E-state index contributed by atoms with van der Waals surface area (Å²) < 4.78 is 4.96. The highest BCUT2D eigenvalue weighted by Crippen LogP contribution is 2.24. The van der Waals surface area contributed by atoms with Gasteiger partial charge in [-0.15, -0.1) is 0 Å². The van der Waals surface area contributed by atoms with Gasteiger partial charge in [0.2, 0.25) is 0 Å². The van der Waals surface area contributed by atoms with Gasteiger partial charge in [0.25, 0.3) is 0 Å². The lowest BCUT2D eigenvalue weighted by atomic mass is 9.99. The van der Waals surface area contributed by atoms with Crippen LogP contribution in [0.5, 0.6) is 5.75 Å². The van der Waals surface area contributed by atoms with E-state index in [-0.39, 0.29) is 5.56 Å². The Balaban J connectivity index is 3.23. The first-order valence-corrected chi connectivity index (χ1v) is 4.68. The largest absolute Gasteiger partial charge is 0.496 e. The molecule has 0 atom stereocenters. The average Bonchev–Trinajstić information content (AvgIpc) is 2.30. The summed E-state index contributed by atoms with van der Waals surface area (Å²) in [5.74, 6) is -1.65. The fourth-order valence-corrected chi connectivity index (χ4v) is 1.35. The van der Waals surface area contributed by atoms with Gasteiger partial charge < -0.3 is 4.74 Å². The number of rotatable bonds is 3. The van der Waals surface area contributed by atoms with Crippen LogP contribution >= 0.6 is 11.6 Å². The lowest BCUT2D eigenvalue weighted by molar-refractivity contribution is 0.0968. The van der Waals surface area contributed by atoms with Gasteiger partial charge in [0.1, 0.15) is 5.75 Å². The molecule has 0 spiro atoms. The van der Waals surface area contributed by atoms with Crippen molar-refractivity contribution >= 4 is 17.4 Å². The summed E-state index contributed by atoms with van der Waals surface area (Å²) in [6.07, 6.45) is 0. The van der Waals surface area contributed by atoms with Crippen LogP contribution in [0.4, 0.5) is 0 Å². The minimum Gasteiger partial charge on any atom is -0.496 e. The third-order valence-electron chi connectivity index (χ3n) is 1.95. The summed E-state index contributed by atoms with van der Waals surface area (Å²) in [4.78, 5) is 11.8. The number of carbonyl (C=O) groups is 1. The van der Waals surface area contributed by atoms with E-state index in [0.717, 1.165) is 0 Å². The zero-order chi connectivity index (χ0) is 12.1. The first-order chi connectivity index (χ1) is 7.63. The molecule has 0 fully saturated rings. The Morgan fingerprint density at radius 1 is 1.44 bits per heavy atom. The maximum Gasteiger partial charge on any atom is 0.198 e. The van der Waals surface area contributed by atoms with Crippen molar-refractivity contribution in [1.82, 2.24) is 0 Å². The summed E-state index contributed by atoms with van der Waals surface area (Å²) in [7, 11) is 1.40. The summed E-state index contributed by atoms with van der Waals surface area (Å²) in [5, 5.41) is 17.6. The van der Waals surface area contributed by atoms with Gasteiger partial charge in [-0.05, 0) is 18.2 Å². The number of carbonyl (C=O) groups excluding carboxylic acids is 1. The van der Waals surface area contributed by atoms with Crippen molar-refractivity contribution in [1.29, 1.82) is 10.5 Å². The monoisotopic (exact) mass is 234 g/mol. The molecule has 0 saturated carbocycles. The molecule has 0 heterocycles. The van der Waals surface area contributed by atoms with Crippen molar-refractivity contribution in [3.8, 4) is 17.9 Å². The highest BCUT2D eigenvalue weighted by molar-refractivity contribution is 6.31. The van der Waals surface area contributed by atoms with Crippen LogP contribution in [0.2, 0.25) is 5.02 Å². The minimum atomic E-state index is -1.34. The number of ether oxygens (including phenoxy) is 1. The van der Waals surface area contributed by atoms with Crippen LogP contribution < -0.4 is 4.74 Å². The lowest BCUT2D eigenvalue weighted by Crippen LogP contribution is -2.12. The van der Waals surface area contributed by atoms with Crippen molar-refractivity contribution in [2.45, 2.75) is 0 Å². The molecule has 0 amide bonds. The fourth-order valence-electron chi connectivity index (χ4n) is 1.17. The minimum absolute atomic E-state index is 0.142. The molecular weight excluding hydrogens is 228 g/mol. The summed E-state index contributed by atoms with van der Waals surface area (Å²) in [6, 6.07) is 7.68. The molecule has 1 aromatic rings. The molecule has 0 saturated heterocycles. The van der Waals surface area contributed by atoms with Crippen molar-refractivity contribution in [3.63, 3.8) is 0 Å². The van der Waals surface area contributed by atoms with Crippen molar-refractivity contribution < 1.29 is 9.53 Å². The van der Waals surface area contributed by atoms with Crippen LogP contribution in [-0.2, 0) is 0 Å². The first-order valence-electron chi connectivity index (χ1n) is 4.31. The van der Waals surface area contributed by atoms with E-state index in [1.165, 1.54) is 19.2 Å². The molecule has 0 aliphatic rings. The number of benzene rings is 1. The van der Waals surface area contributed by atoms with E-state index >= 15 is 0 Å². The van der Waals surface area contributed by atoms with E-state index in [1.54, 1.807) is 18.2 Å². The van der Waals surface area contributed by atoms with Crippen molar-refractivity contribution in [2.75, 3.05) is 7.11 Å². The Bertz CT molecular complexity index is 486. The predicted octanol–water partition coefficient (Wildman–Crippen LogP) is 2.19. The summed E-state index contributed by atoms with van der Waals surface area (Å²) in [6.45, 7) is 0. The van der Waals surface area contributed by atoms with Crippen LogP contribution in [0.25, 0.3) is 0 Å². The van der Waals surface area contributed by atoms with E-state index in [4.69, 9.17) is 26.9 Å². The third-order valence-corrected chi connectivity index (χ3v) is 2.18. The van der Waals surface area contributed by atoms with Gasteiger partial charge in [0.15, 0.2) is 11.7 Å². The maximum atomic E-state index is 11.8.